The number of benzene rings is 2. The standard InChI is InChI=1S/C17H29NO5S.C14H16BrNO2.C6H4Br2/c1-11(10-24(22)17(5,6)7)12-8-9-13(19)18(14(12)20)15(21)23-16(2,3)4;1-9(8-10-2-4-11(15)5-3-10)12-6-7-13(17)16-14(12)18;7-5-1-2-6(8)4-3-5/h11-12H,8-10H2,1-7H3;2-5,9,12H,6-8H2,1H3,(H,16,17,18);1-4H. The third kappa shape index (κ3) is 14.8. The highest BCUT2D eigenvalue weighted by atomic mass is 79.9. The van der Waals surface area contributed by atoms with Gasteiger partial charge < -0.3 is 4.74 Å². The number of amides is 5. The molecule has 0 saturated carbocycles. The molecule has 1 N–H and O–H groups in total. The Morgan fingerprint density at radius 2 is 1.30 bits per heavy atom. The van der Waals surface area contributed by atoms with E-state index in [2.05, 4.69) is 72.2 Å². The fourth-order valence-corrected chi connectivity index (χ4v) is 7.26. The molecule has 2 fully saturated rings. The van der Waals surface area contributed by atoms with Crippen LogP contribution in [0.3, 0.4) is 0 Å². The first-order valence-electron chi connectivity index (χ1n) is 16.6. The Balaban J connectivity index is 0.000000290. The van der Waals surface area contributed by atoms with Crippen molar-refractivity contribution in [2.75, 3.05) is 5.75 Å². The molecule has 0 bridgehead atoms. The summed E-state index contributed by atoms with van der Waals surface area (Å²) in [6, 6.07) is 16.1. The van der Waals surface area contributed by atoms with Crippen LogP contribution in [0.4, 0.5) is 4.79 Å². The zero-order valence-corrected chi connectivity index (χ0v) is 35.6. The monoisotopic (exact) mass is 902 g/mol. The molecule has 276 valence electrons. The largest absolute Gasteiger partial charge is 0.443 e. The third-order valence-corrected chi connectivity index (χ3v) is 11.8. The van der Waals surface area contributed by atoms with Gasteiger partial charge in [0.15, 0.2) is 0 Å². The van der Waals surface area contributed by atoms with Crippen LogP contribution < -0.4 is 5.32 Å². The normalized spacial score (nSPS) is 19.9. The maximum absolute atomic E-state index is 12.6. The van der Waals surface area contributed by atoms with E-state index in [1.807, 2.05) is 64.1 Å². The second-order valence-corrected chi connectivity index (χ2v) is 19.6. The Hall–Kier alpha value is -2.22. The molecule has 2 aromatic rings. The molecular formula is C37H49Br3N2O7S. The van der Waals surface area contributed by atoms with Crippen LogP contribution in [0.2, 0.25) is 0 Å². The van der Waals surface area contributed by atoms with Crippen molar-refractivity contribution in [2.45, 2.75) is 97.8 Å². The van der Waals surface area contributed by atoms with E-state index in [-0.39, 0.29) is 40.7 Å². The van der Waals surface area contributed by atoms with Crippen LogP contribution in [-0.4, -0.2) is 54.9 Å². The van der Waals surface area contributed by atoms with Crippen molar-refractivity contribution in [1.82, 2.24) is 10.2 Å². The van der Waals surface area contributed by atoms with E-state index in [4.69, 9.17) is 4.74 Å². The fourth-order valence-electron chi connectivity index (χ4n) is 5.25. The number of hydrogen-bond donors (Lipinski definition) is 1. The van der Waals surface area contributed by atoms with E-state index in [0.717, 1.165) is 19.8 Å². The van der Waals surface area contributed by atoms with E-state index in [0.29, 0.717) is 29.9 Å². The number of carbonyl (C=O) groups excluding carboxylic acids is 5. The van der Waals surface area contributed by atoms with Gasteiger partial charge in [-0.1, -0.05) is 73.8 Å². The first-order chi connectivity index (χ1) is 23.1. The minimum atomic E-state index is -1.10. The van der Waals surface area contributed by atoms with Crippen LogP contribution in [0.25, 0.3) is 0 Å². The Kier molecular flexibility index (Phi) is 17.2. The van der Waals surface area contributed by atoms with Crippen LogP contribution in [0.5, 0.6) is 0 Å². The van der Waals surface area contributed by atoms with Crippen molar-refractivity contribution >= 4 is 88.3 Å². The average Bonchev–Trinajstić information content (AvgIpc) is 2.99. The molecule has 0 aliphatic carbocycles. The van der Waals surface area contributed by atoms with Crippen LogP contribution in [0.15, 0.2) is 61.9 Å². The van der Waals surface area contributed by atoms with Crippen molar-refractivity contribution in [2.24, 2.45) is 23.7 Å². The first kappa shape index (κ1) is 43.9. The Morgan fingerprint density at radius 1 is 0.820 bits per heavy atom. The molecule has 0 radical (unpaired) electrons. The molecule has 5 amide bonds. The zero-order valence-electron chi connectivity index (χ0n) is 30.0. The van der Waals surface area contributed by atoms with Gasteiger partial charge in [-0.05, 0) is 115 Å². The van der Waals surface area contributed by atoms with E-state index in [1.54, 1.807) is 20.8 Å². The molecule has 9 nitrogen and oxygen atoms in total. The van der Waals surface area contributed by atoms with E-state index >= 15 is 0 Å². The number of hydrogen-bond acceptors (Lipinski definition) is 7. The summed E-state index contributed by atoms with van der Waals surface area (Å²) in [5.41, 5.74) is 0.430. The van der Waals surface area contributed by atoms with Crippen LogP contribution in [0, 0.1) is 23.7 Å². The molecule has 2 aliphatic rings. The molecule has 0 spiro atoms. The SMILES string of the molecule is Brc1ccc(Br)cc1.CC(CS(=O)C(C)(C)C)C1CCC(=O)N(C(=O)OC(C)(C)C)C1=O.CC(Cc1ccc(Br)cc1)C1CCC(=O)NC1=O. The highest BCUT2D eigenvalue weighted by molar-refractivity contribution is 9.11. The van der Waals surface area contributed by atoms with E-state index < -0.39 is 40.2 Å². The Labute approximate surface area is 324 Å². The van der Waals surface area contributed by atoms with Crippen molar-refractivity contribution in [3.63, 3.8) is 0 Å². The minimum absolute atomic E-state index is 0.0497. The lowest BCUT2D eigenvalue weighted by molar-refractivity contribution is -0.151. The third-order valence-electron chi connectivity index (χ3n) is 8.06. The molecule has 2 aliphatic heterocycles. The predicted molar refractivity (Wildman–Crippen MR) is 207 cm³/mol. The van der Waals surface area contributed by atoms with E-state index in [9.17, 15) is 28.2 Å². The molecule has 5 unspecified atom stereocenters. The Bertz CT molecular complexity index is 1500. The number of rotatable bonds is 6. The quantitative estimate of drug-likeness (QED) is 0.288. The van der Waals surface area contributed by atoms with Gasteiger partial charge in [0, 0.05) is 59.4 Å². The minimum Gasteiger partial charge on any atom is -0.443 e. The lowest BCUT2D eigenvalue weighted by Gasteiger charge is -2.34. The number of nitrogens with zero attached hydrogens (tertiary/aromatic N) is 1. The summed E-state index contributed by atoms with van der Waals surface area (Å²) < 4.78 is 20.4. The van der Waals surface area contributed by atoms with Gasteiger partial charge in [0.1, 0.15) is 5.60 Å². The van der Waals surface area contributed by atoms with Crippen LogP contribution in [-0.2, 0) is 41.1 Å². The first-order valence-corrected chi connectivity index (χ1v) is 20.3. The second kappa shape index (κ2) is 19.6. The lowest BCUT2D eigenvalue weighted by Crippen LogP contribution is -2.52. The van der Waals surface area contributed by atoms with Crippen molar-refractivity contribution in [3.05, 3.63) is 67.5 Å². The molecule has 13 heteroatoms. The van der Waals surface area contributed by atoms with Gasteiger partial charge in [-0.15, -0.1) is 0 Å². The van der Waals surface area contributed by atoms with Gasteiger partial charge in [0.05, 0.1) is 0 Å². The molecular weight excluding hydrogens is 856 g/mol. The van der Waals surface area contributed by atoms with Crippen LogP contribution >= 0.6 is 47.8 Å². The number of likely N-dealkylation sites (tertiary alicyclic amines) is 1. The highest BCUT2D eigenvalue weighted by Gasteiger charge is 2.43. The average molecular weight is 906 g/mol. The van der Waals surface area contributed by atoms with Crippen molar-refractivity contribution < 1.29 is 32.9 Å². The summed E-state index contributed by atoms with van der Waals surface area (Å²) in [7, 11) is -1.10. The summed E-state index contributed by atoms with van der Waals surface area (Å²) in [6.07, 6.45) is 1.55. The van der Waals surface area contributed by atoms with Crippen molar-refractivity contribution in [1.29, 1.82) is 0 Å². The van der Waals surface area contributed by atoms with Gasteiger partial charge >= 0.3 is 6.09 Å². The number of nitrogens with one attached hydrogen (secondary N) is 1. The number of imide groups is 4. The maximum atomic E-state index is 12.6. The molecule has 0 aromatic heterocycles. The second-order valence-electron chi connectivity index (χ2n) is 14.6. The smallest absolute Gasteiger partial charge is 0.424 e. The zero-order chi connectivity index (χ0) is 38.0. The van der Waals surface area contributed by atoms with Gasteiger partial charge in [-0.2, -0.15) is 4.90 Å². The summed E-state index contributed by atoms with van der Waals surface area (Å²) in [4.78, 5) is 60.3. The molecule has 2 heterocycles. The Morgan fingerprint density at radius 3 is 1.76 bits per heavy atom. The van der Waals surface area contributed by atoms with E-state index in [1.165, 1.54) is 5.56 Å². The number of halogens is 3. The summed E-state index contributed by atoms with van der Waals surface area (Å²) >= 11 is 10.1. The molecule has 2 aromatic carbocycles. The predicted octanol–water partition coefficient (Wildman–Crippen LogP) is 8.76. The van der Waals surface area contributed by atoms with Gasteiger partial charge in [-0.25, -0.2) is 4.79 Å². The van der Waals surface area contributed by atoms with Crippen molar-refractivity contribution in [3.8, 4) is 0 Å². The molecule has 2 saturated heterocycles. The maximum Gasteiger partial charge on any atom is 0.424 e. The number of ether oxygens (including phenoxy) is 1. The summed E-state index contributed by atoms with van der Waals surface area (Å²) in [5, 5.41) is 2.42. The highest BCUT2D eigenvalue weighted by Crippen LogP contribution is 2.30. The summed E-state index contributed by atoms with van der Waals surface area (Å²) in [5.74, 6) is -1.46. The number of piperidine rings is 2. The lowest BCUT2D eigenvalue weighted by atomic mass is 9.83. The summed E-state index contributed by atoms with van der Waals surface area (Å²) in [6.45, 7) is 14.6. The van der Waals surface area contributed by atoms with Gasteiger partial charge in [0.25, 0.3) is 0 Å². The van der Waals surface area contributed by atoms with Gasteiger partial charge in [0.2, 0.25) is 23.6 Å². The molecule has 5 atom stereocenters. The fraction of sp³-hybridized carbons (Fsp3) is 0.541. The van der Waals surface area contributed by atoms with Crippen LogP contribution in [0.1, 0.15) is 86.6 Å². The molecule has 4 rings (SSSR count). The molecule has 50 heavy (non-hydrogen) atoms. The number of carbonyl (C=O) groups is 5. The topological polar surface area (TPSA) is 127 Å². The van der Waals surface area contributed by atoms with Gasteiger partial charge in [-0.3, -0.25) is 28.7 Å².